The molecule has 0 saturated heterocycles. The number of anilines is 1. The number of nitrogens with one attached hydrogen (secondary N) is 2. The summed E-state index contributed by atoms with van der Waals surface area (Å²) < 4.78 is 0. The van der Waals surface area contributed by atoms with Gasteiger partial charge in [0.2, 0.25) is 5.91 Å². The molecule has 0 fully saturated rings. The predicted molar refractivity (Wildman–Crippen MR) is 104 cm³/mol. The number of nitrogens with zero attached hydrogens (tertiary/aromatic N) is 1. The fourth-order valence-corrected chi connectivity index (χ4v) is 3.95. The molecule has 0 radical (unpaired) electrons. The van der Waals surface area contributed by atoms with Gasteiger partial charge < -0.3 is 10.6 Å². The Hall–Kier alpha value is -2.05. The zero-order valence-corrected chi connectivity index (χ0v) is 15.4. The van der Waals surface area contributed by atoms with E-state index in [-0.39, 0.29) is 11.9 Å². The van der Waals surface area contributed by atoms with Crippen molar-refractivity contribution >= 4 is 46.0 Å². The van der Waals surface area contributed by atoms with Gasteiger partial charge in [-0.2, -0.15) is 0 Å². The van der Waals surface area contributed by atoms with Crippen molar-refractivity contribution in [3.63, 3.8) is 0 Å². The summed E-state index contributed by atoms with van der Waals surface area (Å²) >= 11 is 6.82. The number of thiocarbonyl (C=S) groups is 1. The molecule has 24 heavy (non-hydrogen) atoms. The molecule has 4 nitrogen and oxygen atoms in total. The van der Waals surface area contributed by atoms with E-state index in [1.165, 1.54) is 0 Å². The van der Waals surface area contributed by atoms with Gasteiger partial charge in [0.25, 0.3) is 0 Å². The molecule has 124 valence electrons. The lowest BCUT2D eigenvalue weighted by atomic mass is 9.91. The molecular weight excluding hydrogens is 338 g/mol. The van der Waals surface area contributed by atoms with Crippen LogP contribution < -0.4 is 10.6 Å². The molecule has 2 N–H and O–H groups in total. The maximum Gasteiger partial charge on any atom is 0.235 e. The lowest BCUT2D eigenvalue weighted by Gasteiger charge is -2.30. The van der Waals surface area contributed by atoms with Gasteiger partial charge in [-0.1, -0.05) is 18.2 Å². The fourth-order valence-electron chi connectivity index (χ4n) is 2.86. The number of amides is 1. The van der Waals surface area contributed by atoms with Crippen molar-refractivity contribution in [1.29, 1.82) is 0 Å². The van der Waals surface area contributed by atoms with Crippen molar-refractivity contribution in [2.75, 3.05) is 5.32 Å². The first-order chi connectivity index (χ1) is 11.5. The second-order valence-electron chi connectivity index (χ2n) is 5.91. The predicted octanol–water partition coefficient (Wildman–Crippen LogP) is 4.01. The Morgan fingerprint density at radius 3 is 2.75 bits per heavy atom. The molecule has 0 spiro atoms. The standard InChI is InChI=1S/C18H19N3OS2/c1-10-6-4-7-13(11(10)2)20-17(22)15-12(3)19-18(23)21-16(15)14-8-5-9-24-14/h4-9,15-16H,1-3H3,(H,20,22)(H,21,23). The normalized spacial score (nSPS) is 20.3. The second-order valence-corrected chi connectivity index (χ2v) is 7.28. The van der Waals surface area contributed by atoms with Crippen LogP contribution in [-0.2, 0) is 4.79 Å². The summed E-state index contributed by atoms with van der Waals surface area (Å²) in [7, 11) is 0. The monoisotopic (exact) mass is 357 g/mol. The third kappa shape index (κ3) is 3.25. The summed E-state index contributed by atoms with van der Waals surface area (Å²) in [5.41, 5.74) is 3.80. The quantitative estimate of drug-likeness (QED) is 0.816. The smallest absolute Gasteiger partial charge is 0.235 e. The zero-order valence-electron chi connectivity index (χ0n) is 13.8. The maximum absolute atomic E-state index is 13.0. The van der Waals surface area contributed by atoms with Crippen LogP contribution in [0.1, 0.15) is 29.0 Å². The fraction of sp³-hybridized carbons (Fsp3) is 0.278. The first kappa shape index (κ1) is 16.8. The molecule has 0 aliphatic carbocycles. The summed E-state index contributed by atoms with van der Waals surface area (Å²) in [5, 5.41) is 8.68. The molecule has 2 unspecified atom stereocenters. The van der Waals surface area contributed by atoms with Crippen molar-refractivity contribution in [3.8, 4) is 0 Å². The van der Waals surface area contributed by atoms with Crippen molar-refractivity contribution in [2.24, 2.45) is 10.9 Å². The highest BCUT2D eigenvalue weighted by molar-refractivity contribution is 7.80. The van der Waals surface area contributed by atoms with Gasteiger partial charge in [-0.25, -0.2) is 4.99 Å². The Kier molecular flexibility index (Phi) is 4.78. The first-order valence-corrected chi connectivity index (χ1v) is 9.02. The van der Waals surface area contributed by atoms with Gasteiger partial charge in [-0.3, -0.25) is 4.79 Å². The number of aryl methyl sites for hydroxylation is 1. The van der Waals surface area contributed by atoms with Crippen LogP contribution in [0.4, 0.5) is 5.69 Å². The van der Waals surface area contributed by atoms with Crippen LogP contribution in [0.25, 0.3) is 0 Å². The van der Waals surface area contributed by atoms with Gasteiger partial charge in [0.1, 0.15) is 5.92 Å². The van der Waals surface area contributed by atoms with Crippen molar-refractivity contribution < 1.29 is 4.79 Å². The van der Waals surface area contributed by atoms with Crippen LogP contribution in [0.15, 0.2) is 40.7 Å². The molecule has 2 atom stereocenters. The second kappa shape index (κ2) is 6.83. The highest BCUT2D eigenvalue weighted by atomic mass is 32.1. The number of thiophene rings is 1. The van der Waals surface area contributed by atoms with Crippen LogP contribution in [0.2, 0.25) is 0 Å². The van der Waals surface area contributed by atoms with Crippen LogP contribution in [0.5, 0.6) is 0 Å². The van der Waals surface area contributed by atoms with E-state index in [4.69, 9.17) is 12.2 Å². The van der Waals surface area contributed by atoms with E-state index in [1.54, 1.807) is 11.3 Å². The SMILES string of the molecule is CC1=NC(=S)NC(c2cccs2)C1C(=O)Nc1cccc(C)c1C. The molecule has 1 amide bonds. The Morgan fingerprint density at radius 1 is 1.25 bits per heavy atom. The van der Waals surface area contributed by atoms with Crippen LogP contribution >= 0.6 is 23.6 Å². The summed E-state index contributed by atoms with van der Waals surface area (Å²) in [6, 6.07) is 9.72. The third-order valence-electron chi connectivity index (χ3n) is 4.33. The Labute approximate surface area is 151 Å². The summed E-state index contributed by atoms with van der Waals surface area (Å²) in [4.78, 5) is 18.4. The van der Waals surface area contributed by atoms with E-state index in [2.05, 4.69) is 15.6 Å². The summed E-state index contributed by atoms with van der Waals surface area (Å²) in [6.07, 6.45) is 0. The molecule has 1 aliphatic rings. The Morgan fingerprint density at radius 2 is 2.04 bits per heavy atom. The highest BCUT2D eigenvalue weighted by Gasteiger charge is 2.36. The Bertz CT molecular complexity index is 812. The Balaban J connectivity index is 1.92. The molecule has 2 aromatic rings. The van der Waals surface area contributed by atoms with E-state index < -0.39 is 5.92 Å². The van der Waals surface area contributed by atoms with E-state index in [0.29, 0.717) is 5.11 Å². The van der Waals surface area contributed by atoms with Crippen molar-refractivity contribution in [2.45, 2.75) is 26.8 Å². The molecule has 1 aromatic carbocycles. The van der Waals surface area contributed by atoms with E-state index in [9.17, 15) is 4.79 Å². The average Bonchev–Trinajstić information content (AvgIpc) is 3.05. The largest absolute Gasteiger partial charge is 0.352 e. The van der Waals surface area contributed by atoms with Crippen LogP contribution in [0, 0.1) is 19.8 Å². The van der Waals surface area contributed by atoms with E-state index in [0.717, 1.165) is 27.4 Å². The third-order valence-corrected chi connectivity index (χ3v) is 5.50. The summed E-state index contributed by atoms with van der Waals surface area (Å²) in [5.74, 6) is -0.464. The minimum atomic E-state index is -0.393. The molecule has 0 saturated carbocycles. The number of carbonyl (C=O) groups excluding carboxylic acids is 1. The number of carbonyl (C=O) groups is 1. The average molecular weight is 358 g/mol. The molecular formula is C18H19N3OS2. The number of hydrogen-bond acceptors (Lipinski definition) is 3. The molecule has 1 aromatic heterocycles. The first-order valence-electron chi connectivity index (χ1n) is 7.73. The minimum absolute atomic E-state index is 0.0710. The van der Waals surface area contributed by atoms with E-state index >= 15 is 0 Å². The highest BCUT2D eigenvalue weighted by Crippen LogP contribution is 2.31. The lowest BCUT2D eigenvalue weighted by Crippen LogP contribution is -2.45. The van der Waals surface area contributed by atoms with Gasteiger partial charge in [0.15, 0.2) is 5.11 Å². The molecule has 3 rings (SSSR count). The lowest BCUT2D eigenvalue weighted by molar-refractivity contribution is -0.118. The summed E-state index contributed by atoms with van der Waals surface area (Å²) in [6.45, 7) is 5.91. The molecule has 6 heteroatoms. The molecule has 0 bridgehead atoms. The minimum Gasteiger partial charge on any atom is -0.352 e. The van der Waals surface area contributed by atoms with Gasteiger partial charge in [-0.15, -0.1) is 11.3 Å². The number of hydrogen-bond donors (Lipinski definition) is 2. The number of aliphatic imine (C=N–C) groups is 1. The molecule has 1 aliphatic heterocycles. The number of rotatable bonds is 3. The van der Waals surface area contributed by atoms with Crippen LogP contribution in [-0.4, -0.2) is 16.7 Å². The van der Waals surface area contributed by atoms with Gasteiger partial charge in [0, 0.05) is 16.3 Å². The molecule has 2 heterocycles. The number of benzene rings is 1. The topological polar surface area (TPSA) is 53.5 Å². The van der Waals surface area contributed by atoms with Crippen molar-refractivity contribution in [1.82, 2.24) is 5.32 Å². The van der Waals surface area contributed by atoms with E-state index in [1.807, 2.05) is 56.5 Å². The van der Waals surface area contributed by atoms with Gasteiger partial charge in [-0.05, 0) is 61.6 Å². The van der Waals surface area contributed by atoms with Crippen molar-refractivity contribution in [3.05, 3.63) is 51.7 Å². The van der Waals surface area contributed by atoms with Gasteiger partial charge in [0.05, 0.1) is 6.04 Å². The van der Waals surface area contributed by atoms with Crippen LogP contribution in [0.3, 0.4) is 0 Å². The van der Waals surface area contributed by atoms with Gasteiger partial charge >= 0.3 is 0 Å². The zero-order chi connectivity index (χ0) is 17.3. The maximum atomic E-state index is 13.0.